The van der Waals surface area contributed by atoms with Crippen LogP contribution in [0.1, 0.15) is 6.92 Å². The Morgan fingerprint density at radius 3 is 2.38 bits per heavy atom. The number of esters is 1. The Kier molecular flexibility index (Phi) is 3.70. The third kappa shape index (κ3) is 2.22. The first-order chi connectivity index (χ1) is 3.72. The van der Waals surface area contributed by atoms with Crippen molar-refractivity contribution in [1.82, 2.24) is 0 Å². The van der Waals surface area contributed by atoms with Gasteiger partial charge >= 0.3 is 53.7 Å². The van der Waals surface area contributed by atoms with Crippen LogP contribution in [0.3, 0.4) is 0 Å². The van der Waals surface area contributed by atoms with Gasteiger partial charge in [-0.3, -0.25) is 0 Å². The van der Waals surface area contributed by atoms with Crippen molar-refractivity contribution >= 4 is 21.7 Å². The van der Waals surface area contributed by atoms with E-state index in [-0.39, 0.29) is 10.7 Å². The molecule has 8 heavy (non-hydrogen) atoms. The Hall–Kier alpha value is -0.172. The van der Waals surface area contributed by atoms with E-state index in [9.17, 15) is 8.53 Å². The van der Waals surface area contributed by atoms with Crippen LogP contribution in [0.4, 0.5) is 0 Å². The van der Waals surface area contributed by atoms with Crippen LogP contribution in [0, 0.1) is 0 Å². The zero-order valence-electron chi connectivity index (χ0n) is 4.88. The van der Waals surface area contributed by atoms with E-state index >= 15 is 0 Å². The SMILES string of the molecule is COC(=O)C(C)[AsH2]=O. The van der Waals surface area contributed by atoms with Gasteiger partial charge in [-0.2, -0.15) is 0 Å². The first-order valence-corrected chi connectivity index (χ1v) is 4.64. The molecule has 0 radical (unpaired) electrons. The quantitative estimate of drug-likeness (QED) is 0.424. The minimum absolute atomic E-state index is 0.344. The van der Waals surface area contributed by atoms with Crippen LogP contribution in [-0.2, 0) is 13.3 Å². The molecular formula is C4H9AsO3. The number of carbonyl (C=O) groups excluding carboxylic acids is 1. The van der Waals surface area contributed by atoms with E-state index in [1.54, 1.807) is 6.92 Å². The molecule has 0 saturated carbocycles. The molecule has 0 aromatic heterocycles. The Morgan fingerprint density at radius 2 is 2.25 bits per heavy atom. The summed E-state index contributed by atoms with van der Waals surface area (Å²) in [5.41, 5.74) is 0. The van der Waals surface area contributed by atoms with E-state index in [0.29, 0.717) is 0 Å². The fourth-order valence-electron chi connectivity index (χ4n) is 0.241. The molecule has 0 bridgehead atoms. The van der Waals surface area contributed by atoms with Crippen molar-refractivity contribution in [2.75, 3.05) is 7.11 Å². The van der Waals surface area contributed by atoms with E-state index in [1.807, 2.05) is 0 Å². The summed E-state index contributed by atoms with van der Waals surface area (Å²) in [6.45, 7) is 1.61. The number of carbonyl (C=O) groups is 1. The molecule has 0 saturated heterocycles. The van der Waals surface area contributed by atoms with Crippen LogP contribution in [-0.4, -0.2) is 28.8 Å². The maximum atomic E-state index is 10.4. The Balaban J connectivity index is 3.62. The molecule has 48 valence electrons. The summed E-state index contributed by atoms with van der Waals surface area (Å²) in [6, 6.07) is 0. The predicted molar refractivity (Wildman–Crippen MR) is 30.7 cm³/mol. The van der Waals surface area contributed by atoms with Crippen molar-refractivity contribution in [3.8, 4) is 0 Å². The Morgan fingerprint density at radius 1 is 1.75 bits per heavy atom. The van der Waals surface area contributed by atoms with E-state index < -0.39 is 15.7 Å². The zero-order valence-corrected chi connectivity index (χ0v) is 7.30. The standard InChI is InChI=1S/C4H9AsO3/c1-3(5-7)4(6)8-2/h3H,5H2,1-2H3. The summed E-state index contributed by atoms with van der Waals surface area (Å²) in [5.74, 6) is -0.361. The molecule has 0 heterocycles. The van der Waals surface area contributed by atoms with Crippen molar-refractivity contribution in [2.45, 2.75) is 11.6 Å². The molecule has 0 aromatic carbocycles. The molecule has 2 unspecified atom stereocenters. The summed E-state index contributed by atoms with van der Waals surface area (Å²) in [4.78, 5) is 10.4. The van der Waals surface area contributed by atoms with Gasteiger partial charge in [-0.05, 0) is 0 Å². The topological polar surface area (TPSA) is 43.4 Å². The molecule has 3 nitrogen and oxygen atoms in total. The summed E-state index contributed by atoms with van der Waals surface area (Å²) >= 11 is -1.58. The number of rotatable bonds is 2. The fourth-order valence-corrected chi connectivity index (χ4v) is 0.760. The average molecular weight is 180 g/mol. The van der Waals surface area contributed by atoms with Crippen LogP contribution in [0.25, 0.3) is 0 Å². The average Bonchev–Trinajstić information content (AvgIpc) is 1.84. The van der Waals surface area contributed by atoms with Gasteiger partial charge in [0.15, 0.2) is 0 Å². The summed E-state index contributed by atoms with van der Waals surface area (Å²) in [5, 5.41) is 0. The first-order valence-electron chi connectivity index (χ1n) is 2.25. The maximum absolute atomic E-state index is 10.4. The summed E-state index contributed by atoms with van der Waals surface area (Å²) < 4.78 is 14.0. The second kappa shape index (κ2) is 3.79. The molecule has 0 aliphatic rings. The van der Waals surface area contributed by atoms with Crippen molar-refractivity contribution < 1.29 is 13.3 Å². The molecule has 4 heteroatoms. The van der Waals surface area contributed by atoms with Crippen LogP contribution < -0.4 is 0 Å². The van der Waals surface area contributed by atoms with Crippen LogP contribution in [0.5, 0.6) is 0 Å². The van der Waals surface area contributed by atoms with Crippen molar-refractivity contribution in [3.05, 3.63) is 0 Å². The fraction of sp³-hybridized carbons (Fsp3) is 0.750. The molecule has 0 amide bonds. The van der Waals surface area contributed by atoms with E-state index in [4.69, 9.17) is 0 Å². The Bertz CT molecular complexity index is 101. The van der Waals surface area contributed by atoms with Gasteiger partial charge in [0, 0.05) is 0 Å². The van der Waals surface area contributed by atoms with E-state index in [0.717, 1.165) is 0 Å². The normalized spacial score (nSPS) is 14.2. The van der Waals surface area contributed by atoms with Crippen LogP contribution in [0.15, 0.2) is 0 Å². The van der Waals surface area contributed by atoms with Gasteiger partial charge < -0.3 is 0 Å². The molecule has 0 N–H and O–H groups in total. The van der Waals surface area contributed by atoms with Crippen LogP contribution >= 0.6 is 0 Å². The van der Waals surface area contributed by atoms with Crippen LogP contribution in [0.2, 0.25) is 4.71 Å². The predicted octanol–water partition coefficient (Wildman–Crippen LogP) is -0.518. The molecule has 0 aliphatic carbocycles. The molecule has 0 rings (SSSR count). The van der Waals surface area contributed by atoms with Crippen molar-refractivity contribution in [2.24, 2.45) is 0 Å². The van der Waals surface area contributed by atoms with Crippen molar-refractivity contribution in [3.63, 3.8) is 0 Å². The third-order valence-corrected chi connectivity index (χ3v) is 2.20. The van der Waals surface area contributed by atoms with Gasteiger partial charge in [-0.1, -0.05) is 0 Å². The molecule has 0 spiro atoms. The number of hydrogen-bond donors (Lipinski definition) is 0. The molecule has 0 fully saturated rings. The molecule has 0 aromatic rings. The third-order valence-electron chi connectivity index (χ3n) is 0.777. The molecular weight excluding hydrogens is 171 g/mol. The zero-order chi connectivity index (χ0) is 6.57. The van der Waals surface area contributed by atoms with Gasteiger partial charge in [0.2, 0.25) is 0 Å². The number of methoxy groups -OCH3 is 1. The summed E-state index contributed by atoms with van der Waals surface area (Å²) in [7, 11) is 1.30. The molecule has 0 aliphatic heterocycles. The second-order valence-electron chi connectivity index (χ2n) is 1.45. The monoisotopic (exact) mass is 180 g/mol. The van der Waals surface area contributed by atoms with Gasteiger partial charge in [-0.25, -0.2) is 0 Å². The summed E-state index contributed by atoms with van der Waals surface area (Å²) in [6.07, 6.45) is 0. The first kappa shape index (κ1) is 7.83. The number of hydrogen-bond acceptors (Lipinski definition) is 3. The van der Waals surface area contributed by atoms with Gasteiger partial charge in [0.05, 0.1) is 0 Å². The van der Waals surface area contributed by atoms with Gasteiger partial charge in [0.1, 0.15) is 0 Å². The number of ether oxygens (including phenoxy) is 1. The van der Waals surface area contributed by atoms with Crippen molar-refractivity contribution in [1.29, 1.82) is 0 Å². The Labute approximate surface area is 54.3 Å². The van der Waals surface area contributed by atoms with E-state index in [2.05, 4.69) is 4.74 Å². The molecule has 2 atom stereocenters. The van der Waals surface area contributed by atoms with E-state index in [1.165, 1.54) is 7.11 Å². The second-order valence-corrected chi connectivity index (χ2v) is 4.12. The minimum atomic E-state index is -1.58. The van der Waals surface area contributed by atoms with Gasteiger partial charge in [0.25, 0.3) is 0 Å². The van der Waals surface area contributed by atoms with Gasteiger partial charge in [-0.15, -0.1) is 0 Å².